The van der Waals surface area contributed by atoms with Crippen LogP contribution in [0.2, 0.25) is 5.02 Å². The Labute approximate surface area is 108 Å². The number of rotatable bonds is 2. The van der Waals surface area contributed by atoms with Crippen LogP contribution in [0.3, 0.4) is 0 Å². The number of alkyl halides is 1. The van der Waals surface area contributed by atoms with E-state index >= 15 is 0 Å². The molecule has 2 rings (SSSR count). The van der Waals surface area contributed by atoms with E-state index in [1.165, 1.54) is 17.5 Å². The van der Waals surface area contributed by atoms with E-state index in [4.69, 9.17) is 34.8 Å². The van der Waals surface area contributed by atoms with Gasteiger partial charge in [0, 0.05) is 11.2 Å². The molecule has 1 aromatic rings. The quantitative estimate of drug-likeness (QED) is 0.582. The summed E-state index contributed by atoms with van der Waals surface area (Å²) in [5, 5.41) is 1.42. The summed E-state index contributed by atoms with van der Waals surface area (Å²) in [6.07, 6.45) is 1.86. The Hall–Kier alpha value is -0.0200. The third-order valence-corrected chi connectivity index (χ3v) is 4.19. The molecule has 0 amide bonds. The first-order chi connectivity index (χ1) is 7.15. The number of hydrogen-bond donors (Lipinski definition) is 0. The first kappa shape index (κ1) is 11.5. The maximum Gasteiger partial charge on any atom is 0.136 e. The van der Waals surface area contributed by atoms with Gasteiger partial charge in [-0.15, -0.1) is 11.6 Å². The summed E-state index contributed by atoms with van der Waals surface area (Å²) in [6, 6.07) is 7.74. The maximum atomic E-state index is 5.95. The van der Waals surface area contributed by atoms with Gasteiger partial charge in [0.05, 0.1) is 11.6 Å². The van der Waals surface area contributed by atoms with Crippen molar-refractivity contribution >= 4 is 46.8 Å². The van der Waals surface area contributed by atoms with Crippen molar-refractivity contribution in [3.8, 4) is 0 Å². The zero-order chi connectivity index (χ0) is 10.8. The van der Waals surface area contributed by atoms with Crippen molar-refractivity contribution in [3.63, 3.8) is 0 Å². The fraction of sp³-hybridized carbons (Fsp3) is 0.200. The van der Waals surface area contributed by atoms with E-state index in [9.17, 15) is 0 Å². The summed E-state index contributed by atoms with van der Waals surface area (Å²) in [7, 11) is 0. The van der Waals surface area contributed by atoms with Crippen LogP contribution in [0.1, 0.15) is 5.56 Å². The van der Waals surface area contributed by atoms with Gasteiger partial charge in [-0.3, -0.25) is 0 Å². The molecule has 80 valence electrons. The molecule has 15 heavy (non-hydrogen) atoms. The average Bonchev–Trinajstić information content (AvgIpc) is 2.50. The van der Waals surface area contributed by atoms with E-state index in [0.717, 1.165) is 11.6 Å². The van der Waals surface area contributed by atoms with Gasteiger partial charge in [0.15, 0.2) is 0 Å². The molecule has 1 unspecified atom stereocenters. The lowest BCUT2D eigenvalue weighted by molar-refractivity contribution is 0.627. The van der Waals surface area contributed by atoms with Crippen LogP contribution in [0.25, 0.3) is 0 Å². The largest absolute Gasteiger partial charge is 0.316 e. The zero-order valence-corrected chi connectivity index (χ0v) is 10.7. The summed E-state index contributed by atoms with van der Waals surface area (Å²) < 4.78 is 1.86. The summed E-state index contributed by atoms with van der Waals surface area (Å²) in [4.78, 5) is 0. The van der Waals surface area contributed by atoms with Crippen molar-refractivity contribution in [2.45, 2.75) is 11.3 Å². The van der Waals surface area contributed by atoms with E-state index in [0.29, 0.717) is 5.03 Å². The van der Waals surface area contributed by atoms with Crippen LogP contribution in [-0.2, 0) is 6.54 Å². The third kappa shape index (κ3) is 2.97. The van der Waals surface area contributed by atoms with Crippen LogP contribution in [0, 0.1) is 0 Å². The first-order valence-electron chi connectivity index (χ1n) is 4.34. The van der Waals surface area contributed by atoms with E-state index in [2.05, 4.69) is 0 Å². The molecule has 0 saturated heterocycles. The lowest BCUT2D eigenvalue weighted by Crippen LogP contribution is -2.04. The van der Waals surface area contributed by atoms with E-state index < -0.39 is 0 Å². The molecule has 0 bridgehead atoms. The monoisotopic (exact) mass is 279 g/mol. The fourth-order valence-electron chi connectivity index (χ4n) is 1.25. The predicted molar refractivity (Wildman–Crippen MR) is 68.2 cm³/mol. The minimum atomic E-state index is -0.154. The molecule has 0 aliphatic carbocycles. The van der Waals surface area contributed by atoms with E-state index in [1.807, 2.05) is 34.8 Å². The number of benzene rings is 1. The molecule has 0 N–H and O–H groups in total. The molecule has 0 radical (unpaired) electrons. The Morgan fingerprint density at radius 1 is 1.20 bits per heavy atom. The highest BCUT2D eigenvalue weighted by molar-refractivity contribution is 7.99. The SMILES string of the molecule is ClC1=CN(Cc2ccc(Cl)cc2)SC1Cl. The van der Waals surface area contributed by atoms with Crippen molar-refractivity contribution < 1.29 is 0 Å². The molecular formula is C10H8Cl3NS. The summed E-state index contributed by atoms with van der Waals surface area (Å²) >= 11 is 19.2. The number of halogens is 3. The second-order valence-corrected chi connectivity index (χ2v) is 5.86. The van der Waals surface area contributed by atoms with Gasteiger partial charge in [0.25, 0.3) is 0 Å². The normalized spacial score (nSPS) is 20.6. The molecule has 1 heterocycles. The zero-order valence-electron chi connectivity index (χ0n) is 7.66. The van der Waals surface area contributed by atoms with Gasteiger partial charge < -0.3 is 4.31 Å². The predicted octanol–water partition coefficient (Wildman–Crippen LogP) is 4.45. The Bertz CT molecular complexity index is 377. The Morgan fingerprint density at radius 2 is 1.87 bits per heavy atom. The van der Waals surface area contributed by atoms with Crippen molar-refractivity contribution in [1.82, 2.24) is 4.31 Å². The second kappa shape index (κ2) is 4.88. The molecule has 0 spiro atoms. The molecular weight excluding hydrogens is 273 g/mol. The molecule has 1 nitrogen and oxygen atoms in total. The van der Waals surface area contributed by atoms with Crippen LogP contribution < -0.4 is 0 Å². The van der Waals surface area contributed by atoms with Crippen LogP contribution >= 0.6 is 46.8 Å². The van der Waals surface area contributed by atoms with Gasteiger partial charge in [-0.2, -0.15) is 0 Å². The second-order valence-electron chi connectivity index (χ2n) is 3.14. The highest BCUT2D eigenvalue weighted by Crippen LogP contribution is 2.37. The molecule has 1 aliphatic heterocycles. The van der Waals surface area contributed by atoms with Gasteiger partial charge >= 0.3 is 0 Å². The summed E-state index contributed by atoms with van der Waals surface area (Å²) in [5.41, 5.74) is 1.18. The van der Waals surface area contributed by atoms with Crippen LogP contribution in [0.5, 0.6) is 0 Å². The third-order valence-electron chi connectivity index (χ3n) is 1.96. The van der Waals surface area contributed by atoms with Crippen molar-refractivity contribution in [1.29, 1.82) is 0 Å². The molecule has 1 aromatic carbocycles. The minimum absolute atomic E-state index is 0.154. The van der Waals surface area contributed by atoms with Crippen LogP contribution in [0.15, 0.2) is 35.5 Å². The summed E-state index contributed by atoms with van der Waals surface area (Å²) in [5.74, 6) is 0. The molecule has 1 atom stereocenters. The highest BCUT2D eigenvalue weighted by atomic mass is 35.5. The highest BCUT2D eigenvalue weighted by Gasteiger charge is 2.21. The Kier molecular flexibility index (Phi) is 3.73. The number of nitrogens with zero attached hydrogens (tertiary/aromatic N) is 1. The number of hydrogen-bond acceptors (Lipinski definition) is 2. The molecule has 1 aliphatic rings. The van der Waals surface area contributed by atoms with Crippen molar-refractivity contribution in [3.05, 3.63) is 46.1 Å². The fourth-order valence-corrected chi connectivity index (χ4v) is 2.83. The lowest BCUT2D eigenvalue weighted by atomic mass is 10.2. The van der Waals surface area contributed by atoms with Crippen LogP contribution in [-0.4, -0.2) is 9.01 Å². The van der Waals surface area contributed by atoms with Crippen molar-refractivity contribution in [2.24, 2.45) is 0 Å². The Balaban J connectivity index is 2.02. The maximum absolute atomic E-state index is 5.95. The Morgan fingerprint density at radius 3 is 2.40 bits per heavy atom. The first-order valence-corrected chi connectivity index (χ1v) is 6.37. The summed E-state index contributed by atoms with van der Waals surface area (Å²) in [6.45, 7) is 0.779. The van der Waals surface area contributed by atoms with Crippen molar-refractivity contribution in [2.75, 3.05) is 0 Å². The lowest BCUT2D eigenvalue weighted by Gasteiger charge is -2.14. The van der Waals surface area contributed by atoms with Gasteiger partial charge in [-0.25, -0.2) is 0 Å². The molecule has 0 saturated carbocycles. The molecule has 5 heteroatoms. The van der Waals surface area contributed by atoms with E-state index in [1.54, 1.807) is 0 Å². The van der Waals surface area contributed by atoms with Crippen LogP contribution in [0.4, 0.5) is 0 Å². The van der Waals surface area contributed by atoms with Gasteiger partial charge in [0.2, 0.25) is 0 Å². The topological polar surface area (TPSA) is 3.24 Å². The molecule has 0 fully saturated rings. The van der Waals surface area contributed by atoms with Gasteiger partial charge in [0.1, 0.15) is 4.71 Å². The van der Waals surface area contributed by atoms with E-state index in [-0.39, 0.29) is 4.71 Å². The van der Waals surface area contributed by atoms with Gasteiger partial charge in [-0.05, 0) is 29.6 Å². The smallest absolute Gasteiger partial charge is 0.136 e. The minimum Gasteiger partial charge on any atom is -0.316 e. The average molecular weight is 281 g/mol. The standard InChI is InChI=1S/C10H8Cl3NS/c11-8-3-1-7(2-4-8)5-14-6-9(12)10(13)15-14/h1-4,6,10H,5H2. The molecule has 0 aromatic heterocycles. The van der Waals surface area contributed by atoms with Gasteiger partial charge in [-0.1, -0.05) is 35.3 Å².